The minimum absolute atomic E-state index is 0.104. The Hall–Kier alpha value is -1.22. The van der Waals surface area contributed by atoms with E-state index in [1.807, 2.05) is 0 Å². The van der Waals surface area contributed by atoms with Gasteiger partial charge in [0.1, 0.15) is 0 Å². The van der Waals surface area contributed by atoms with E-state index < -0.39 is 0 Å². The van der Waals surface area contributed by atoms with Gasteiger partial charge < -0.3 is 14.8 Å². The predicted octanol–water partition coefficient (Wildman–Crippen LogP) is 3.43. The molecule has 1 heterocycles. The molecule has 3 nitrogen and oxygen atoms in total. The fraction of sp³-hybridized carbons (Fsp3) is 0.625. The smallest absolute Gasteiger partial charge is 0.165 e. The Morgan fingerprint density at radius 3 is 2.37 bits per heavy atom. The standard InChI is InChI=1S/C16H25NO2/c1-16(2,3)11-9-12(13-7-6-8-17-13)15(19-5)14(10-11)18-4/h9-10,13,17H,6-8H2,1-5H3. The summed E-state index contributed by atoms with van der Waals surface area (Å²) in [6.07, 6.45) is 2.38. The van der Waals surface area contributed by atoms with Gasteiger partial charge in [-0.25, -0.2) is 0 Å². The molecule has 1 fully saturated rings. The van der Waals surface area contributed by atoms with Crippen molar-refractivity contribution in [3.8, 4) is 11.5 Å². The van der Waals surface area contributed by atoms with E-state index in [1.165, 1.54) is 17.5 Å². The summed E-state index contributed by atoms with van der Waals surface area (Å²) in [5.74, 6) is 1.70. The van der Waals surface area contributed by atoms with Crippen molar-refractivity contribution in [3.05, 3.63) is 23.3 Å². The molecule has 1 aliphatic heterocycles. The molecule has 0 radical (unpaired) electrons. The molecule has 0 saturated carbocycles. The normalized spacial score (nSPS) is 19.5. The first-order chi connectivity index (χ1) is 8.97. The average Bonchev–Trinajstić information content (AvgIpc) is 2.89. The van der Waals surface area contributed by atoms with Gasteiger partial charge in [-0.2, -0.15) is 0 Å². The summed E-state index contributed by atoms with van der Waals surface area (Å²) in [6, 6.07) is 4.74. The van der Waals surface area contributed by atoms with E-state index in [2.05, 4.69) is 38.2 Å². The van der Waals surface area contributed by atoms with Gasteiger partial charge in [-0.05, 0) is 42.5 Å². The molecule has 0 aliphatic carbocycles. The van der Waals surface area contributed by atoms with Gasteiger partial charge >= 0.3 is 0 Å². The van der Waals surface area contributed by atoms with Gasteiger partial charge in [0, 0.05) is 11.6 Å². The lowest BCUT2D eigenvalue weighted by molar-refractivity contribution is 0.346. The van der Waals surface area contributed by atoms with Gasteiger partial charge in [0.15, 0.2) is 11.5 Å². The molecule has 1 aromatic carbocycles. The number of rotatable bonds is 3. The first-order valence-electron chi connectivity index (χ1n) is 6.97. The Morgan fingerprint density at radius 2 is 1.89 bits per heavy atom. The molecule has 1 saturated heterocycles. The first-order valence-corrected chi connectivity index (χ1v) is 6.97. The van der Waals surface area contributed by atoms with Crippen LogP contribution in [0.4, 0.5) is 0 Å². The fourth-order valence-electron chi connectivity index (χ4n) is 2.64. The highest BCUT2D eigenvalue weighted by Crippen LogP contribution is 2.41. The van der Waals surface area contributed by atoms with Crippen LogP contribution in [0.2, 0.25) is 0 Å². The molecular weight excluding hydrogens is 238 g/mol. The minimum atomic E-state index is 0.104. The van der Waals surface area contributed by atoms with E-state index in [4.69, 9.17) is 9.47 Å². The molecule has 19 heavy (non-hydrogen) atoms. The highest BCUT2D eigenvalue weighted by molar-refractivity contribution is 5.52. The van der Waals surface area contributed by atoms with E-state index in [0.29, 0.717) is 6.04 Å². The second-order valence-corrected chi connectivity index (χ2v) is 6.20. The summed E-state index contributed by atoms with van der Waals surface area (Å²) in [7, 11) is 3.42. The Balaban J connectivity index is 2.54. The number of nitrogens with one attached hydrogen (secondary N) is 1. The molecule has 3 heteroatoms. The van der Waals surface area contributed by atoms with Crippen molar-refractivity contribution in [2.45, 2.75) is 45.1 Å². The van der Waals surface area contributed by atoms with Crippen LogP contribution in [0.15, 0.2) is 12.1 Å². The highest BCUT2D eigenvalue weighted by Gasteiger charge is 2.25. The zero-order valence-corrected chi connectivity index (χ0v) is 12.7. The summed E-state index contributed by atoms with van der Waals surface area (Å²) in [5.41, 5.74) is 2.62. The van der Waals surface area contributed by atoms with Crippen LogP contribution in [-0.4, -0.2) is 20.8 Å². The topological polar surface area (TPSA) is 30.5 Å². The number of hydrogen-bond donors (Lipinski definition) is 1. The molecular formula is C16H25NO2. The Labute approximate surface area is 116 Å². The zero-order valence-electron chi connectivity index (χ0n) is 12.7. The maximum atomic E-state index is 5.58. The SMILES string of the molecule is COc1cc(C(C)(C)C)cc(C2CCCN2)c1OC. The molecule has 1 N–H and O–H groups in total. The fourth-order valence-corrected chi connectivity index (χ4v) is 2.64. The van der Waals surface area contributed by atoms with E-state index >= 15 is 0 Å². The zero-order chi connectivity index (χ0) is 14.0. The van der Waals surface area contributed by atoms with Crippen molar-refractivity contribution in [1.82, 2.24) is 5.32 Å². The molecule has 1 aromatic rings. The maximum Gasteiger partial charge on any atom is 0.165 e. The average molecular weight is 263 g/mol. The number of benzene rings is 1. The second kappa shape index (κ2) is 5.41. The van der Waals surface area contributed by atoms with Crippen molar-refractivity contribution in [3.63, 3.8) is 0 Å². The Morgan fingerprint density at radius 1 is 1.16 bits per heavy atom. The molecule has 1 unspecified atom stereocenters. The summed E-state index contributed by atoms with van der Waals surface area (Å²) in [4.78, 5) is 0. The van der Waals surface area contributed by atoms with Crippen LogP contribution < -0.4 is 14.8 Å². The van der Waals surface area contributed by atoms with Crippen molar-refractivity contribution < 1.29 is 9.47 Å². The Bertz CT molecular complexity index is 443. The van der Waals surface area contributed by atoms with Crippen molar-refractivity contribution in [1.29, 1.82) is 0 Å². The van der Waals surface area contributed by atoms with Crippen molar-refractivity contribution in [2.75, 3.05) is 20.8 Å². The molecule has 0 aromatic heterocycles. The highest BCUT2D eigenvalue weighted by atomic mass is 16.5. The van der Waals surface area contributed by atoms with Crippen LogP contribution in [0.1, 0.15) is 50.8 Å². The molecule has 1 atom stereocenters. The molecule has 106 valence electrons. The lowest BCUT2D eigenvalue weighted by atomic mass is 9.84. The van der Waals surface area contributed by atoms with Crippen molar-refractivity contribution >= 4 is 0 Å². The van der Waals surface area contributed by atoms with Crippen LogP contribution in [0, 0.1) is 0 Å². The predicted molar refractivity (Wildman–Crippen MR) is 78.2 cm³/mol. The van der Waals surface area contributed by atoms with E-state index in [-0.39, 0.29) is 5.41 Å². The lowest BCUT2D eigenvalue weighted by Crippen LogP contribution is -2.17. The first kappa shape index (κ1) is 14.2. The van der Waals surface area contributed by atoms with Gasteiger partial charge in [-0.3, -0.25) is 0 Å². The van der Waals surface area contributed by atoms with E-state index in [0.717, 1.165) is 24.5 Å². The summed E-state index contributed by atoms with van der Waals surface area (Å²) >= 11 is 0. The summed E-state index contributed by atoms with van der Waals surface area (Å²) < 4.78 is 11.1. The van der Waals surface area contributed by atoms with Crippen molar-refractivity contribution in [2.24, 2.45) is 0 Å². The Kier molecular flexibility index (Phi) is 4.04. The van der Waals surface area contributed by atoms with E-state index in [1.54, 1.807) is 14.2 Å². The monoisotopic (exact) mass is 263 g/mol. The third-order valence-electron chi connectivity index (χ3n) is 3.81. The minimum Gasteiger partial charge on any atom is -0.493 e. The molecule has 0 spiro atoms. The molecule has 0 amide bonds. The van der Waals surface area contributed by atoms with E-state index in [9.17, 15) is 0 Å². The summed E-state index contributed by atoms with van der Waals surface area (Å²) in [6.45, 7) is 7.75. The number of hydrogen-bond acceptors (Lipinski definition) is 3. The quantitative estimate of drug-likeness (QED) is 0.906. The third kappa shape index (κ3) is 2.86. The van der Waals surface area contributed by atoms with Crippen LogP contribution in [0.5, 0.6) is 11.5 Å². The van der Waals surface area contributed by atoms with Gasteiger partial charge in [0.2, 0.25) is 0 Å². The van der Waals surface area contributed by atoms with Gasteiger partial charge in [0.05, 0.1) is 14.2 Å². The molecule has 2 rings (SSSR count). The lowest BCUT2D eigenvalue weighted by Gasteiger charge is -2.25. The van der Waals surface area contributed by atoms with Gasteiger partial charge in [0.25, 0.3) is 0 Å². The molecule has 1 aliphatic rings. The van der Waals surface area contributed by atoms with Gasteiger partial charge in [-0.1, -0.05) is 20.8 Å². The van der Waals surface area contributed by atoms with Crippen LogP contribution in [0.25, 0.3) is 0 Å². The van der Waals surface area contributed by atoms with Crippen LogP contribution >= 0.6 is 0 Å². The maximum absolute atomic E-state index is 5.58. The van der Waals surface area contributed by atoms with Crippen LogP contribution in [0.3, 0.4) is 0 Å². The summed E-state index contributed by atoms with van der Waals surface area (Å²) in [5, 5.41) is 3.54. The largest absolute Gasteiger partial charge is 0.493 e. The third-order valence-corrected chi connectivity index (χ3v) is 3.81. The number of methoxy groups -OCH3 is 2. The van der Waals surface area contributed by atoms with Gasteiger partial charge in [-0.15, -0.1) is 0 Å². The molecule has 0 bridgehead atoms. The van der Waals surface area contributed by atoms with Crippen LogP contribution in [-0.2, 0) is 5.41 Å². The number of ether oxygens (including phenoxy) is 2. The second-order valence-electron chi connectivity index (χ2n) is 6.20.